The zero-order valence-corrected chi connectivity index (χ0v) is 20.3. The SMILES string of the molecule is C=C1/C(=C/C(=O)OCc2ccccc2)CC/C=C\[C@@H]2CC(C(=O)OCC)(C(=O)OCC)C[C@]12C. The van der Waals surface area contributed by atoms with E-state index in [1.165, 1.54) is 6.08 Å². The van der Waals surface area contributed by atoms with Gasteiger partial charge in [0.15, 0.2) is 5.41 Å². The highest BCUT2D eigenvalue weighted by molar-refractivity contribution is 6.01. The standard InChI is InChI=1S/C28H34O6/c1-5-32-25(30)28(26(31)33-6-2)17-23-15-11-10-14-22(20(3)27(23,4)19-28)16-24(29)34-18-21-12-8-7-9-13-21/h7-9,11-13,15-16,23H,3,5-6,10,14,17-19H2,1-2,4H3/b15-11-,22-16+/t23-,27-/m1/s1. The van der Waals surface area contributed by atoms with Gasteiger partial charge in [-0.05, 0) is 62.2 Å². The molecule has 0 aliphatic heterocycles. The average molecular weight is 467 g/mol. The molecule has 0 saturated heterocycles. The van der Waals surface area contributed by atoms with Gasteiger partial charge in [-0.25, -0.2) is 4.79 Å². The monoisotopic (exact) mass is 466 g/mol. The lowest BCUT2D eigenvalue weighted by molar-refractivity contribution is -0.172. The molecule has 2 aliphatic rings. The normalized spacial score (nSPS) is 25.6. The molecular weight excluding hydrogens is 432 g/mol. The van der Waals surface area contributed by atoms with Gasteiger partial charge < -0.3 is 14.2 Å². The number of hydrogen-bond donors (Lipinski definition) is 0. The lowest BCUT2D eigenvalue weighted by Crippen LogP contribution is -2.41. The summed E-state index contributed by atoms with van der Waals surface area (Å²) in [5.74, 6) is -1.69. The van der Waals surface area contributed by atoms with Crippen molar-refractivity contribution in [2.45, 2.75) is 53.1 Å². The van der Waals surface area contributed by atoms with Crippen LogP contribution in [0, 0.1) is 16.7 Å². The van der Waals surface area contributed by atoms with Crippen LogP contribution in [-0.4, -0.2) is 31.1 Å². The Morgan fingerprint density at radius 2 is 1.71 bits per heavy atom. The fourth-order valence-corrected chi connectivity index (χ4v) is 5.06. The molecule has 0 unspecified atom stereocenters. The summed E-state index contributed by atoms with van der Waals surface area (Å²) < 4.78 is 16.1. The molecule has 0 bridgehead atoms. The van der Waals surface area contributed by atoms with E-state index in [9.17, 15) is 14.4 Å². The van der Waals surface area contributed by atoms with Crippen molar-refractivity contribution >= 4 is 17.9 Å². The summed E-state index contributed by atoms with van der Waals surface area (Å²) in [4.78, 5) is 38.8. The first-order chi connectivity index (χ1) is 16.3. The van der Waals surface area contributed by atoms with Crippen molar-refractivity contribution in [1.29, 1.82) is 0 Å². The molecular formula is C28H34O6. The van der Waals surface area contributed by atoms with E-state index in [2.05, 4.69) is 12.7 Å². The highest BCUT2D eigenvalue weighted by atomic mass is 16.6. The first-order valence-electron chi connectivity index (χ1n) is 11.9. The second-order valence-electron chi connectivity index (χ2n) is 9.14. The Kier molecular flexibility index (Phi) is 8.13. The number of fused-ring (bicyclic) bond motifs is 1. The molecule has 0 N–H and O–H groups in total. The zero-order valence-electron chi connectivity index (χ0n) is 20.3. The maximum Gasteiger partial charge on any atom is 0.331 e. The van der Waals surface area contributed by atoms with Gasteiger partial charge in [-0.2, -0.15) is 0 Å². The number of rotatable bonds is 7. The molecule has 1 saturated carbocycles. The minimum Gasteiger partial charge on any atom is -0.465 e. The second-order valence-corrected chi connectivity index (χ2v) is 9.14. The summed E-state index contributed by atoms with van der Waals surface area (Å²) >= 11 is 0. The first-order valence-corrected chi connectivity index (χ1v) is 11.9. The van der Waals surface area contributed by atoms with E-state index in [1.54, 1.807) is 13.8 Å². The summed E-state index contributed by atoms with van der Waals surface area (Å²) in [6.07, 6.45) is 7.44. The van der Waals surface area contributed by atoms with Crippen LogP contribution in [0.5, 0.6) is 0 Å². The molecule has 1 aromatic rings. The molecule has 6 nitrogen and oxygen atoms in total. The summed E-state index contributed by atoms with van der Waals surface area (Å²) in [6.45, 7) is 10.3. The van der Waals surface area contributed by atoms with Crippen LogP contribution in [-0.2, 0) is 35.2 Å². The number of carbonyl (C=O) groups is 3. The molecule has 1 fully saturated rings. The zero-order chi connectivity index (χ0) is 24.8. The quantitative estimate of drug-likeness (QED) is 0.183. The highest BCUT2D eigenvalue weighted by Gasteiger charge is 2.62. The lowest BCUT2D eigenvalue weighted by atomic mass is 9.68. The van der Waals surface area contributed by atoms with Crippen molar-refractivity contribution in [2.24, 2.45) is 16.7 Å². The first kappa shape index (κ1) is 25.5. The number of benzene rings is 1. The van der Waals surface area contributed by atoms with Gasteiger partial charge >= 0.3 is 17.9 Å². The Morgan fingerprint density at radius 3 is 2.32 bits per heavy atom. The summed E-state index contributed by atoms with van der Waals surface area (Å²) in [5, 5.41) is 0. The van der Waals surface area contributed by atoms with E-state index in [0.717, 1.165) is 23.1 Å². The van der Waals surface area contributed by atoms with E-state index in [1.807, 2.05) is 43.3 Å². The van der Waals surface area contributed by atoms with E-state index in [4.69, 9.17) is 14.2 Å². The largest absolute Gasteiger partial charge is 0.465 e. The molecule has 0 spiro atoms. The van der Waals surface area contributed by atoms with E-state index in [0.29, 0.717) is 6.42 Å². The minimum atomic E-state index is -1.40. The molecule has 1 aromatic carbocycles. The highest BCUT2D eigenvalue weighted by Crippen LogP contribution is 2.60. The third-order valence-corrected chi connectivity index (χ3v) is 6.93. The van der Waals surface area contributed by atoms with Crippen LogP contribution >= 0.6 is 0 Å². The molecule has 0 heterocycles. The minimum absolute atomic E-state index is 0.127. The van der Waals surface area contributed by atoms with Gasteiger partial charge in [-0.3, -0.25) is 9.59 Å². The van der Waals surface area contributed by atoms with Gasteiger partial charge in [0, 0.05) is 11.5 Å². The van der Waals surface area contributed by atoms with Crippen LogP contribution in [0.2, 0.25) is 0 Å². The van der Waals surface area contributed by atoms with Crippen molar-refractivity contribution in [2.75, 3.05) is 13.2 Å². The third kappa shape index (κ3) is 5.16. The van der Waals surface area contributed by atoms with Crippen LogP contribution < -0.4 is 0 Å². The molecule has 6 heteroatoms. The number of carbonyl (C=O) groups excluding carboxylic acids is 3. The predicted molar refractivity (Wildman–Crippen MR) is 128 cm³/mol. The van der Waals surface area contributed by atoms with Gasteiger partial charge in [0.1, 0.15) is 6.61 Å². The Bertz CT molecular complexity index is 971. The van der Waals surface area contributed by atoms with Crippen molar-refractivity contribution in [3.05, 3.63) is 71.8 Å². The third-order valence-electron chi connectivity index (χ3n) is 6.93. The fraction of sp³-hybridized carbons (Fsp3) is 0.464. The number of allylic oxidation sites excluding steroid dienone is 4. The molecule has 0 aromatic heterocycles. The molecule has 2 aliphatic carbocycles. The van der Waals surface area contributed by atoms with Gasteiger partial charge in [0.05, 0.1) is 13.2 Å². The topological polar surface area (TPSA) is 78.9 Å². The van der Waals surface area contributed by atoms with Crippen LogP contribution in [0.1, 0.15) is 52.0 Å². The lowest BCUT2D eigenvalue weighted by Gasteiger charge is -2.35. The second kappa shape index (κ2) is 10.9. The average Bonchev–Trinajstić information content (AvgIpc) is 3.14. The Balaban J connectivity index is 1.88. The van der Waals surface area contributed by atoms with E-state index in [-0.39, 0.29) is 38.6 Å². The maximum atomic E-state index is 13.1. The predicted octanol–water partition coefficient (Wildman–Crippen LogP) is 5.09. The summed E-state index contributed by atoms with van der Waals surface area (Å²) in [6, 6.07) is 9.49. The van der Waals surface area contributed by atoms with Crippen molar-refractivity contribution in [3.63, 3.8) is 0 Å². The van der Waals surface area contributed by atoms with Gasteiger partial charge in [-0.15, -0.1) is 0 Å². The van der Waals surface area contributed by atoms with Gasteiger partial charge in [0.2, 0.25) is 0 Å². The van der Waals surface area contributed by atoms with Crippen LogP contribution in [0.25, 0.3) is 0 Å². The smallest absolute Gasteiger partial charge is 0.331 e. The van der Waals surface area contributed by atoms with Crippen molar-refractivity contribution in [1.82, 2.24) is 0 Å². The Hall–Kier alpha value is -3.15. The van der Waals surface area contributed by atoms with Crippen molar-refractivity contribution < 1.29 is 28.6 Å². The van der Waals surface area contributed by atoms with Gasteiger partial charge in [-0.1, -0.05) is 56.0 Å². The summed E-state index contributed by atoms with van der Waals surface area (Å²) in [7, 11) is 0. The molecule has 34 heavy (non-hydrogen) atoms. The molecule has 0 amide bonds. The van der Waals surface area contributed by atoms with E-state index < -0.39 is 28.7 Å². The Labute approximate surface area is 201 Å². The van der Waals surface area contributed by atoms with Gasteiger partial charge in [0.25, 0.3) is 0 Å². The Morgan fingerprint density at radius 1 is 1.06 bits per heavy atom. The van der Waals surface area contributed by atoms with Crippen LogP contribution in [0.3, 0.4) is 0 Å². The molecule has 3 rings (SSSR count). The summed E-state index contributed by atoms with van der Waals surface area (Å²) in [5.41, 5.74) is 0.404. The number of esters is 3. The van der Waals surface area contributed by atoms with E-state index >= 15 is 0 Å². The van der Waals surface area contributed by atoms with Crippen LogP contribution in [0.15, 0.2) is 66.3 Å². The molecule has 0 radical (unpaired) electrons. The number of ether oxygens (including phenoxy) is 3. The fourth-order valence-electron chi connectivity index (χ4n) is 5.06. The van der Waals surface area contributed by atoms with Crippen molar-refractivity contribution in [3.8, 4) is 0 Å². The molecule has 2 atom stereocenters. The molecule has 182 valence electrons. The maximum absolute atomic E-state index is 13.1. The van der Waals surface area contributed by atoms with Crippen LogP contribution in [0.4, 0.5) is 0 Å². The number of hydrogen-bond acceptors (Lipinski definition) is 6.